The highest BCUT2D eigenvalue weighted by molar-refractivity contribution is 7.99. The van der Waals surface area contributed by atoms with Crippen molar-refractivity contribution in [1.82, 2.24) is 29.7 Å². The van der Waals surface area contributed by atoms with E-state index in [1.165, 1.54) is 11.8 Å². The summed E-state index contributed by atoms with van der Waals surface area (Å²) in [5.74, 6) is 0. The molecule has 1 saturated heterocycles. The average molecular weight is 625 g/mol. The first-order valence-corrected chi connectivity index (χ1v) is 15.8. The lowest BCUT2D eigenvalue weighted by Crippen LogP contribution is -2.37. The van der Waals surface area contributed by atoms with Gasteiger partial charge in [0.2, 0.25) is 0 Å². The molecule has 0 radical (unpaired) electrons. The van der Waals surface area contributed by atoms with E-state index in [9.17, 15) is 5.26 Å². The van der Waals surface area contributed by atoms with Crippen LogP contribution < -0.4 is 10.6 Å². The number of pyridine rings is 2. The van der Waals surface area contributed by atoms with Gasteiger partial charge in [0, 0.05) is 73.0 Å². The molecule has 0 atom stereocenters. The zero-order valence-corrected chi connectivity index (χ0v) is 26.0. The standard InChI is InChI=1S/C33H33ClN8OS/c1-41-12-10-37-33(41)44-31-8-5-26(18-28(31)34)40-32-25(19-35)22-39-30-17-24(4-6-27(30)32)29-7-3-23(21-38-29)20-36-9-2-11-42-13-15-43-16-14-42/h3-8,10,12,17-18,21-22,36H,2,9,11,13-16,20H2,1H3,(H,39,40). The van der Waals surface area contributed by atoms with E-state index in [-0.39, 0.29) is 0 Å². The summed E-state index contributed by atoms with van der Waals surface area (Å²) >= 11 is 8.13. The second-order valence-electron chi connectivity index (χ2n) is 10.6. The molecule has 0 aliphatic carbocycles. The van der Waals surface area contributed by atoms with Crippen LogP contribution in [0.25, 0.3) is 22.2 Å². The predicted molar refractivity (Wildman–Crippen MR) is 175 cm³/mol. The minimum Gasteiger partial charge on any atom is -0.379 e. The number of hydrogen-bond acceptors (Lipinski definition) is 9. The smallest absolute Gasteiger partial charge is 0.172 e. The number of hydrogen-bond donors (Lipinski definition) is 2. The van der Waals surface area contributed by atoms with Crippen molar-refractivity contribution in [2.45, 2.75) is 23.0 Å². The Hall–Kier alpha value is -3.98. The van der Waals surface area contributed by atoms with E-state index in [1.807, 2.05) is 66.5 Å². The van der Waals surface area contributed by atoms with Crippen LogP contribution in [0.2, 0.25) is 5.02 Å². The third-order valence-electron chi connectivity index (χ3n) is 7.55. The summed E-state index contributed by atoms with van der Waals surface area (Å²) in [4.78, 5) is 17.0. The fourth-order valence-corrected chi connectivity index (χ4v) is 6.22. The zero-order valence-electron chi connectivity index (χ0n) is 24.5. The van der Waals surface area contributed by atoms with Crippen LogP contribution in [0.3, 0.4) is 0 Å². The van der Waals surface area contributed by atoms with Gasteiger partial charge in [0.05, 0.1) is 40.7 Å². The van der Waals surface area contributed by atoms with Crippen molar-refractivity contribution in [1.29, 1.82) is 5.26 Å². The largest absolute Gasteiger partial charge is 0.379 e. The normalized spacial score (nSPS) is 13.7. The van der Waals surface area contributed by atoms with E-state index in [0.717, 1.165) is 95.8 Å². The summed E-state index contributed by atoms with van der Waals surface area (Å²) in [6.07, 6.45) is 8.29. The van der Waals surface area contributed by atoms with Gasteiger partial charge in [0.15, 0.2) is 5.16 Å². The minimum atomic E-state index is 0.452. The number of benzene rings is 2. The molecule has 1 aliphatic rings. The number of aryl methyl sites for hydroxylation is 1. The zero-order chi connectivity index (χ0) is 30.3. The van der Waals surface area contributed by atoms with Crippen LogP contribution >= 0.6 is 23.4 Å². The van der Waals surface area contributed by atoms with Crippen LogP contribution in [0, 0.1) is 11.3 Å². The Morgan fingerprint density at radius 3 is 2.68 bits per heavy atom. The summed E-state index contributed by atoms with van der Waals surface area (Å²) in [6.45, 7) is 6.60. The Balaban J connectivity index is 1.12. The first-order chi connectivity index (χ1) is 21.6. The lowest BCUT2D eigenvalue weighted by molar-refractivity contribution is 0.0374. The summed E-state index contributed by atoms with van der Waals surface area (Å²) in [7, 11) is 1.95. The summed E-state index contributed by atoms with van der Waals surface area (Å²) < 4.78 is 7.36. The van der Waals surface area contributed by atoms with E-state index >= 15 is 0 Å². The number of nitrogens with zero attached hydrogens (tertiary/aromatic N) is 6. The maximum Gasteiger partial charge on any atom is 0.172 e. The van der Waals surface area contributed by atoms with Gasteiger partial charge < -0.3 is 19.9 Å². The Morgan fingerprint density at radius 2 is 1.93 bits per heavy atom. The van der Waals surface area contributed by atoms with Gasteiger partial charge in [-0.25, -0.2) is 4.98 Å². The van der Waals surface area contributed by atoms with Crippen LogP contribution in [-0.2, 0) is 18.3 Å². The molecule has 44 heavy (non-hydrogen) atoms. The van der Waals surface area contributed by atoms with Gasteiger partial charge in [-0.15, -0.1) is 0 Å². The fraction of sp³-hybridized carbons (Fsp3) is 0.273. The number of imidazole rings is 1. The number of halogens is 1. The molecule has 9 nitrogen and oxygen atoms in total. The third-order valence-corrected chi connectivity index (χ3v) is 9.13. The van der Waals surface area contributed by atoms with Gasteiger partial charge in [0.1, 0.15) is 6.07 Å². The Bertz CT molecular complexity index is 1780. The number of fused-ring (bicyclic) bond motifs is 1. The summed E-state index contributed by atoms with van der Waals surface area (Å²) in [5, 5.41) is 19.1. The molecule has 4 heterocycles. The number of ether oxygens (including phenoxy) is 1. The van der Waals surface area contributed by atoms with E-state index in [0.29, 0.717) is 16.3 Å². The molecule has 224 valence electrons. The molecule has 2 N–H and O–H groups in total. The van der Waals surface area contributed by atoms with Crippen molar-refractivity contribution in [3.05, 3.63) is 89.5 Å². The fourth-order valence-electron chi connectivity index (χ4n) is 5.11. The lowest BCUT2D eigenvalue weighted by atomic mass is 10.0. The van der Waals surface area contributed by atoms with Crippen LogP contribution in [0.5, 0.6) is 0 Å². The minimum absolute atomic E-state index is 0.452. The van der Waals surface area contributed by atoms with Gasteiger partial charge in [-0.2, -0.15) is 5.26 Å². The topological polar surface area (TPSA) is 104 Å². The number of rotatable bonds is 11. The van der Waals surface area contributed by atoms with Crippen LogP contribution in [0.1, 0.15) is 17.5 Å². The van der Waals surface area contributed by atoms with Gasteiger partial charge in [-0.3, -0.25) is 14.9 Å². The number of aromatic nitrogens is 4. The third kappa shape index (κ3) is 7.21. The van der Waals surface area contributed by atoms with E-state index in [2.05, 4.69) is 37.6 Å². The SMILES string of the molecule is Cn1ccnc1Sc1ccc(Nc2c(C#N)cnc3cc(-c4ccc(CNCCCN5CCOCC5)cn4)ccc23)cc1Cl. The highest BCUT2D eigenvalue weighted by Crippen LogP contribution is 2.36. The number of anilines is 2. The van der Waals surface area contributed by atoms with Crippen molar-refractivity contribution < 1.29 is 4.74 Å². The first-order valence-electron chi connectivity index (χ1n) is 14.6. The number of morpholine rings is 1. The van der Waals surface area contributed by atoms with Gasteiger partial charge in [-0.1, -0.05) is 35.5 Å². The van der Waals surface area contributed by atoms with Crippen molar-refractivity contribution in [3.8, 4) is 17.3 Å². The average Bonchev–Trinajstić information content (AvgIpc) is 3.46. The molecule has 5 aromatic rings. The van der Waals surface area contributed by atoms with Crippen molar-refractivity contribution in [3.63, 3.8) is 0 Å². The Labute approximate surface area is 266 Å². The molecule has 1 aliphatic heterocycles. The molecule has 0 amide bonds. The second-order valence-corrected chi connectivity index (χ2v) is 12.0. The van der Waals surface area contributed by atoms with Crippen LogP contribution in [-0.4, -0.2) is 63.8 Å². The maximum absolute atomic E-state index is 9.84. The molecule has 0 spiro atoms. The molecule has 1 fully saturated rings. The van der Waals surface area contributed by atoms with Gasteiger partial charge >= 0.3 is 0 Å². The lowest BCUT2D eigenvalue weighted by Gasteiger charge is -2.26. The maximum atomic E-state index is 9.84. The molecule has 3 aromatic heterocycles. The summed E-state index contributed by atoms with van der Waals surface area (Å²) in [6, 6.07) is 18.2. The second kappa shape index (κ2) is 14.2. The molecule has 0 saturated carbocycles. The Kier molecular flexibility index (Phi) is 9.70. The van der Waals surface area contributed by atoms with E-state index < -0.39 is 0 Å². The van der Waals surface area contributed by atoms with Gasteiger partial charge in [-0.05, 0) is 61.5 Å². The highest BCUT2D eigenvalue weighted by atomic mass is 35.5. The molecule has 0 unspecified atom stereocenters. The molecular weight excluding hydrogens is 592 g/mol. The van der Waals surface area contributed by atoms with E-state index in [4.69, 9.17) is 21.3 Å². The van der Waals surface area contributed by atoms with Crippen molar-refractivity contribution in [2.75, 3.05) is 44.7 Å². The first kappa shape index (κ1) is 30.1. The molecule has 0 bridgehead atoms. The van der Waals surface area contributed by atoms with Crippen LogP contribution in [0.4, 0.5) is 11.4 Å². The number of nitrogens with one attached hydrogen (secondary N) is 2. The predicted octanol–water partition coefficient (Wildman–Crippen LogP) is 6.26. The van der Waals surface area contributed by atoms with Gasteiger partial charge in [0.25, 0.3) is 0 Å². The summed E-state index contributed by atoms with van der Waals surface area (Å²) in [5.41, 5.74) is 5.66. The monoisotopic (exact) mass is 624 g/mol. The molecule has 11 heteroatoms. The number of nitriles is 1. The Morgan fingerprint density at radius 1 is 1.05 bits per heavy atom. The molecule has 6 rings (SSSR count). The van der Waals surface area contributed by atoms with Crippen molar-refractivity contribution >= 4 is 45.6 Å². The van der Waals surface area contributed by atoms with Crippen LogP contribution in [0.15, 0.2) is 83.4 Å². The molecular formula is C33H33ClN8OS. The van der Waals surface area contributed by atoms with E-state index in [1.54, 1.807) is 12.4 Å². The van der Waals surface area contributed by atoms with Crippen molar-refractivity contribution in [2.24, 2.45) is 7.05 Å². The highest BCUT2D eigenvalue weighted by Gasteiger charge is 2.14. The molecule has 2 aromatic carbocycles. The quantitative estimate of drug-likeness (QED) is 0.165.